The van der Waals surface area contributed by atoms with E-state index in [0.717, 1.165) is 17.0 Å². The number of nitrogens with zero attached hydrogens (tertiary/aromatic N) is 2. The average Bonchev–Trinajstić information content (AvgIpc) is 2.79. The van der Waals surface area contributed by atoms with Crippen LogP contribution in [0.4, 0.5) is 5.69 Å². The highest BCUT2D eigenvalue weighted by Gasteiger charge is 2.11. The number of amidine groups is 1. The zero-order chi connectivity index (χ0) is 15.4. The molecule has 21 heavy (non-hydrogen) atoms. The maximum absolute atomic E-state index is 12.0. The first-order valence-corrected chi connectivity index (χ1v) is 6.39. The number of H-pyrrole nitrogens is 1. The SMILES string of the molecule is Cc1n[nH]c(C)c1NC(=O)Cc1ccc(C(N)=NO)cc1. The maximum atomic E-state index is 12.0. The number of aromatic nitrogens is 2. The van der Waals surface area contributed by atoms with Crippen LogP contribution in [-0.2, 0) is 11.2 Å². The van der Waals surface area contributed by atoms with Gasteiger partial charge in [0.2, 0.25) is 5.91 Å². The molecule has 1 aromatic heterocycles. The van der Waals surface area contributed by atoms with Crippen molar-refractivity contribution in [1.29, 1.82) is 0 Å². The number of nitrogens with one attached hydrogen (secondary N) is 2. The van der Waals surface area contributed by atoms with Gasteiger partial charge in [-0.1, -0.05) is 29.4 Å². The van der Waals surface area contributed by atoms with Gasteiger partial charge in [0.1, 0.15) is 0 Å². The lowest BCUT2D eigenvalue weighted by molar-refractivity contribution is -0.115. The number of carbonyl (C=O) groups is 1. The number of anilines is 1. The van der Waals surface area contributed by atoms with Gasteiger partial charge < -0.3 is 16.3 Å². The van der Waals surface area contributed by atoms with Gasteiger partial charge in [-0.15, -0.1) is 0 Å². The topological polar surface area (TPSA) is 116 Å². The molecular weight excluding hydrogens is 270 g/mol. The Balaban J connectivity index is 2.03. The standard InChI is InChI=1S/C14H17N5O2/c1-8-13(9(2)18-17-8)16-12(20)7-10-3-5-11(6-4-10)14(15)19-21/h3-6,21H,7H2,1-2H3,(H2,15,19)(H,16,20)(H,17,18). The number of rotatable bonds is 4. The Bertz CT molecular complexity index is 654. The Labute approximate surface area is 121 Å². The number of aromatic amines is 1. The normalized spacial score (nSPS) is 11.4. The van der Waals surface area contributed by atoms with Gasteiger partial charge in [0.25, 0.3) is 0 Å². The predicted molar refractivity (Wildman–Crippen MR) is 79.3 cm³/mol. The minimum atomic E-state index is -0.126. The minimum absolute atomic E-state index is 0.0376. The molecule has 0 aliphatic heterocycles. The predicted octanol–water partition coefficient (Wildman–Crippen LogP) is 1.30. The van der Waals surface area contributed by atoms with Crippen LogP contribution in [-0.4, -0.2) is 27.1 Å². The van der Waals surface area contributed by atoms with Crippen molar-refractivity contribution >= 4 is 17.4 Å². The van der Waals surface area contributed by atoms with Crippen LogP contribution in [0.2, 0.25) is 0 Å². The van der Waals surface area contributed by atoms with Crippen LogP contribution >= 0.6 is 0 Å². The monoisotopic (exact) mass is 287 g/mol. The first kappa shape index (κ1) is 14.6. The number of carbonyl (C=O) groups excluding carboxylic acids is 1. The molecule has 2 aromatic rings. The molecule has 5 N–H and O–H groups in total. The second-order valence-electron chi connectivity index (χ2n) is 4.72. The number of oxime groups is 1. The van der Waals surface area contributed by atoms with Gasteiger partial charge in [-0.2, -0.15) is 5.10 Å². The van der Waals surface area contributed by atoms with Crippen molar-refractivity contribution in [3.05, 3.63) is 46.8 Å². The number of hydrogen-bond acceptors (Lipinski definition) is 4. The van der Waals surface area contributed by atoms with Crippen LogP contribution < -0.4 is 11.1 Å². The third-order valence-corrected chi connectivity index (χ3v) is 3.11. The summed E-state index contributed by atoms with van der Waals surface area (Å²) in [6.45, 7) is 3.67. The molecule has 0 fully saturated rings. The molecule has 1 heterocycles. The molecule has 7 heteroatoms. The lowest BCUT2D eigenvalue weighted by Crippen LogP contribution is -2.16. The number of amides is 1. The summed E-state index contributed by atoms with van der Waals surface area (Å²) in [4.78, 5) is 12.0. The van der Waals surface area contributed by atoms with E-state index in [0.29, 0.717) is 11.3 Å². The van der Waals surface area contributed by atoms with Crippen molar-refractivity contribution in [1.82, 2.24) is 10.2 Å². The summed E-state index contributed by atoms with van der Waals surface area (Å²) >= 11 is 0. The van der Waals surface area contributed by atoms with E-state index in [4.69, 9.17) is 10.9 Å². The number of hydrogen-bond donors (Lipinski definition) is 4. The largest absolute Gasteiger partial charge is 0.409 e. The lowest BCUT2D eigenvalue weighted by Gasteiger charge is -2.06. The smallest absolute Gasteiger partial charge is 0.228 e. The third kappa shape index (κ3) is 3.38. The molecule has 0 spiro atoms. The molecule has 0 radical (unpaired) electrons. The molecule has 110 valence electrons. The summed E-state index contributed by atoms with van der Waals surface area (Å²) in [5.41, 5.74) is 9.20. The van der Waals surface area contributed by atoms with Crippen LogP contribution in [0, 0.1) is 13.8 Å². The fourth-order valence-corrected chi connectivity index (χ4v) is 1.96. The van der Waals surface area contributed by atoms with E-state index >= 15 is 0 Å². The van der Waals surface area contributed by atoms with Gasteiger partial charge in [0.15, 0.2) is 5.84 Å². The first-order valence-electron chi connectivity index (χ1n) is 6.39. The van der Waals surface area contributed by atoms with E-state index in [1.54, 1.807) is 24.3 Å². The molecular formula is C14H17N5O2. The van der Waals surface area contributed by atoms with Crippen LogP contribution in [0.3, 0.4) is 0 Å². The minimum Gasteiger partial charge on any atom is -0.409 e. The first-order chi connectivity index (χ1) is 10.0. The summed E-state index contributed by atoms with van der Waals surface area (Å²) in [6.07, 6.45) is 0.237. The van der Waals surface area contributed by atoms with Gasteiger partial charge in [0, 0.05) is 5.56 Å². The molecule has 0 saturated heterocycles. The highest BCUT2D eigenvalue weighted by molar-refractivity contribution is 5.97. The Morgan fingerprint density at radius 2 is 2.05 bits per heavy atom. The van der Waals surface area contributed by atoms with Crippen LogP contribution in [0.5, 0.6) is 0 Å². The quantitative estimate of drug-likeness (QED) is 0.293. The Kier molecular flexibility index (Phi) is 4.22. The van der Waals surface area contributed by atoms with E-state index in [-0.39, 0.29) is 18.2 Å². The zero-order valence-electron chi connectivity index (χ0n) is 11.8. The van der Waals surface area contributed by atoms with E-state index in [9.17, 15) is 4.79 Å². The summed E-state index contributed by atoms with van der Waals surface area (Å²) in [6, 6.07) is 6.93. The van der Waals surface area contributed by atoms with E-state index in [2.05, 4.69) is 20.7 Å². The van der Waals surface area contributed by atoms with Crippen molar-refractivity contribution < 1.29 is 10.0 Å². The summed E-state index contributed by atoms with van der Waals surface area (Å²) in [7, 11) is 0. The van der Waals surface area contributed by atoms with Gasteiger partial charge in [-0.05, 0) is 19.4 Å². The Morgan fingerprint density at radius 1 is 1.38 bits per heavy atom. The molecule has 2 rings (SSSR count). The highest BCUT2D eigenvalue weighted by atomic mass is 16.4. The van der Waals surface area contributed by atoms with Crippen LogP contribution in [0.15, 0.2) is 29.4 Å². The number of nitrogens with two attached hydrogens (primary N) is 1. The van der Waals surface area contributed by atoms with Gasteiger partial charge >= 0.3 is 0 Å². The van der Waals surface area contributed by atoms with Crippen molar-refractivity contribution in [2.24, 2.45) is 10.9 Å². The summed E-state index contributed by atoms with van der Waals surface area (Å²) in [5.74, 6) is -0.0882. The second kappa shape index (κ2) is 6.08. The van der Waals surface area contributed by atoms with E-state index in [1.165, 1.54) is 0 Å². The molecule has 0 unspecified atom stereocenters. The summed E-state index contributed by atoms with van der Waals surface area (Å²) < 4.78 is 0. The van der Waals surface area contributed by atoms with Crippen LogP contribution in [0.25, 0.3) is 0 Å². The maximum Gasteiger partial charge on any atom is 0.228 e. The lowest BCUT2D eigenvalue weighted by atomic mass is 10.1. The molecule has 1 aromatic carbocycles. The third-order valence-electron chi connectivity index (χ3n) is 3.11. The van der Waals surface area contributed by atoms with Crippen molar-refractivity contribution in [3.8, 4) is 0 Å². The van der Waals surface area contributed by atoms with Gasteiger partial charge in [-0.3, -0.25) is 9.89 Å². The average molecular weight is 287 g/mol. The molecule has 0 bridgehead atoms. The molecule has 0 atom stereocenters. The van der Waals surface area contributed by atoms with Gasteiger partial charge in [-0.25, -0.2) is 0 Å². The van der Waals surface area contributed by atoms with E-state index in [1.807, 2.05) is 13.8 Å². The summed E-state index contributed by atoms with van der Waals surface area (Å²) in [5, 5.41) is 21.2. The van der Waals surface area contributed by atoms with Crippen molar-refractivity contribution in [2.75, 3.05) is 5.32 Å². The highest BCUT2D eigenvalue weighted by Crippen LogP contribution is 2.16. The molecule has 0 saturated carbocycles. The number of aryl methyl sites for hydroxylation is 2. The molecule has 1 amide bonds. The molecule has 7 nitrogen and oxygen atoms in total. The van der Waals surface area contributed by atoms with E-state index < -0.39 is 0 Å². The molecule has 0 aliphatic carbocycles. The fourth-order valence-electron chi connectivity index (χ4n) is 1.96. The van der Waals surface area contributed by atoms with Crippen molar-refractivity contribution in [2.45, 2.75) is 20.3 Å². The molecule has 0 aliphatic rings. The van der Waals surface area contributed by atoms with Crippen molar-refractivity contribution in [3.63, 3.8) is 0 Å². The Hall–Kier alpha value is -2.83. The second-order valence-corrected chi connectivity index (χ2v) is 4.72. The Morgan fingerprint density at radius 3 is 2.57 bits per heavy atom. The zero-order valence-corrected chi connectivity index (χ0v) is 11.8. The number of benzene rings is 1. The fraction of sp³-hybridized carbons (Fsp3) is 0.214. The van der Waals surface area contributed by atoms with Gasteiger partial charge in [0.05, 0.1) is 23.5 Å². The van der Waals surface area contributed by atoms with Crippen LogP contribution in [0.1, 0.15) is 22.5 Å².